The number of benzene rings is 3. The lowest BCUT2D eigenvalue weighted by atomic mass is 10.1. The van der Waals surface area contributed by atoms with E-state index < -0.39 is 28.5 Å². The van der Waals surface area contributed by atoms with Gasteiger partial charge in [-0.05, 0) is 55.3 Å². The molecular weight excluding hydrogens is 486 g/mol. The summed E-state index contributed by atoms with van der Waals surface area (Å²) < 4.78 is 28.2. The molecule has 35 heavy (non-hydrogen) atoms. The number of likely N-dealkylation sites (N-methyl/N-ethyl adjacent to an activating group) is 1. The monoisotopic (exact) mass is 513 g/mol. The number of halogens is 1. The van der Waals surface area contributed by atoms with Gasteiger partial charge in [0.25, 0.3) is 10.0 Å². The van der Waals surface area contributed by atoms with E-state index in [1.165, 1.54) is 36.2 Å². The molecule has 2 amide bonds. The van der Waals surface area contributed by atoms with Gasteiger partial charge in [-0.3, -0.25) is 13.9 Å². The third-order valence-corrected chi connectivity index (χ3v) is 7.66. The van der Waals surface area contributed by atoms with E-state index in [9.17, 15) is 18.0 Å². The first-order chi connectivity index (χ1) is 16.7. The van der Waals surface area contributed by atoms with Crippen molar-refractivity contribution in [1.29, 1.82) is 0 Å². The molecular formula is C26H28ClN3O4S. The van der Waals surface area contributed by atoms with Crippen molar-refractivity contribution in [3.63, 3.8) is 0 Å². The summed E-state index contributed by atoms with van der Waals surface area (Å²) in [6.45, 7) is 1.41. The first-order valence-corrected chi connectivity index (χ1v) is 12.9. The standard InChI is InChI=1S/C26H28ClN3O4S/c1-20(26(32)28-2)29(18-17-21-9-5-3-6-10-21)25(31)19-30(23-11-7-4-8-12-23)35(33,34)24-15-13-22(27)14-16-24/h3-16,20H,17-19H2,1-2H3,(H,28,32). The topological polar surface area (TPSA) is 86.8 Å². The second-order valence-electron chi connectivity index (χ2n) is 7.91. The molecule has 3 aromatic carbocycles. The fourth-order valence-electron chi connectivity index (χ4n) is 3.64. The molecule has 0 bridgehead atoms. The number of nitrogens with zero attached hydrogens (tertiary/aromatic N) is 2. The number of anilines is 1. The van der Waals surface area contributed by atoms with E-state index in [1.807, 2.05) is 30.3 Å². The minimum absolute atomic E-state index is 0.00809. The van der Waals surface area contributed by atoms with Crippen LogP contribution in [0.2, 0.25) is 5.02 Å². The molecule has 0 saturated carbocycles. The average Bonchev–Trinajstić information content (AvgIpc) is 2.88. The van der Waals surface area contributed by atoms with E-state index in [1.54, 1.807) is 37.3 Å². The number of hydrogen-bond acceptors (Lipinski definition) is 4. The maximum atomic E-state index is 13.6. The third kappa shape index (κ3) is 6.61. The predicted octanol–water partition coefficient (Wildman–Crippen LogP) is 3.74. The molecule has 0 aromatic heterocycles. The minimum Gasteiger partial charge on any atom is -0.357 e. The Morgan fingerprint density at radius 2 is 1.49 bits per heavy atom. The van der Waals surface area contributed by atoms with Crippen LogP contribution in [-0.4, -0.2) is 51.3 Å². The van der Waals surface area contributed by atoms with Crippen LogP contribution in [0.5, 0.6) is 0 Å². The number of sulfonamides is 1. The Hall–Kier alpha value is -3.36. The highest BCUT2D eigenvalue weighted by molar-refractivity contribution is 7.92. The van der Waals surface area contributed by atoms with Crippen molar-refractivity contribution in [2.45, 2.75) is 24.3 Å². The van der Waals surface area contributed by atoms with Crippen LogP contribution < -0.4 is 9.62 Å². The largest absolute Gasteiger partial charge is 0.357 e. The third-order valence-electron chi connectivity index (χ3n) is 5.62. The number of hydrogen-bond donors (Lipinski definition) is 1. The lowest BCUT2D eigenvalue weighted by Gasteiger charge is -2.31. The molecule has 1 N–H and O–H groups in total. The zero-order valence-electron chi connectivity index (χ0n) is 19.6. The Balaban J connectivity index is 1.94. The SMILES string of the molecule is CNC(=O)C(C)N(CCc1ccccc1)C(=O)CN(c1ccccc1)S(=O)(=O)c1ccc(Cl)cc1. The molecule has 0 aliphatic rings. The molecule has 1 unspecified atom stereocenters. The fourth-order valence-corrected chi connectivity index (χ4v) is 5.18. The van der Waals surface area contributed by atoms with Crippen molar-refractivity contribution in [3.05, 3.63) is 95.5 Å². The summed E-state index contributed by atoms with van der Waals surface area (Å²) in [5.74, 6) is -0.823. The van der Waals surface area contributed by atoms with Gasteiger partial charge in [0, 0.05) is 18.6 Å². The lowest BCUT2D eigenvalue weighted by Crippen LogP contribution is -2.51. The summed E-state index contributed by atoms with van der Waals surface area (Å²) in [4.78, 5) is 27.4. The van der Waals surface area contributed by atoms with Crippen molar-refractivity contribution in [2.24, 2.45) is 0 Å². The van der Waals surface area contributed by atoms with Crippen molar-refractivity contribution in [3.8, 4) is 0 Å². The zero-order chi connectivity index (χ0) is 25.4. The molecule has 3 aromatic rings. The molecule has 7 nitrogen and oxygen atoms in total. The maximum absolute atomic E-state index is 13.6. The maximum Gasteiger partial charge on any atom is 0.264 e. The van der Waals surface area contributed by atoms with Crippen LogP contribution in [0.1, 0.15) is 12.5 Å². The Morgan fingerprint density at radius 1 is 0.914 bits per heavy atom. The predicted molar refractivity (Wildman–Crippen MR) is 138 cm³/mol. The van der Waals surface area contributed by atoms with E-state index in [0.29, 0.717) is 17.1 Å². The normalized spacial score (nSPS) is 12.0. The summed E-state index contributed by atoms with van der Waals surface area (Å²) in [5, 5.41) is 2.97. The Labute approximate surface area is 211 Å². The summed E-state index contributed by atoms with van der Waals surface area (Å²) in [5.41, 5.74) is 1.34. The van der Waals surface area contributed by atoms with Gasteiger partial charge < -0.3 is 10.2 Å². The van der Waals surface area contributed by atoms with Crippen molar-refractivity contribution < 1.29 is 18.0 Å². The Bertz CT molecular complexity index is 1240. The van der Waals surface area contributed by atoms with Gasteiger partial charge in [-0.2, -0.15) is 0 Å². The number of para-hydroxylation sites is 1. The van der Waals surface area contributed by atoms with Gasteiger partial charge in [0.1, 0.15) is 12.6 Å². The van der Waals surface area contributed by atoms with Crippen molar-refractivity contribution >= 4 is 39.1 Å². The summed E-state index contributed by atoms with van der Waals surface area (Å²) >= 11 is 5.94. The van der Waals surface area contributed by atoms with E-state index in [2.05, 4.69) is 5.32 Å². The number of amides is 2. The summed E-state index contributed by atoms with van der Waals surface area (Å²) in [6, 6.07) is 23.0. The zero-order valence-corrected chi connectivity index (χ0v) is 21.2. The van der Waals surface area contributed by atoms with Gasteiger partial charge in [-0.1, -0.05) is 60.1 Å². The van der Waals surface area contributed by atoms with E-state index in [0.717, 1.165) is 9.87 Å². The van der Waals surface area contributed by atoms with Crippen LogP contribution in [0.25, 0.3) is 0 Å². The van der Waals surface area contributed by atoms with Crippen LogP contribution >= 0.6 is 11.6 Å². The fraction of sp³-hybridized carbons (Fsp3) is 0.231. The molecule has 9 heteroatoms. The van der Waals surface area contributed by atoms with Gasteiger partial charge >= 0.3 is 0 Å². The van der Waals surface area contributed by atoms with Crippen molar-refractivity contribution in [1.82, 2.24) is 10.2 Å². The summed E-state index contributed by atoms with van der Waals surface area (Å²) in [7, 11) is -2.59. The molecule has 0 heterocycles. The van der Waals surface area contributed by atoms with Crippen LogP contribution in [0.4, 0.5) is 5.69 Å². The second-order valence-corrected chi connectivity index (χ2v) is 10.2. The first kappa shape index (κ1) is 26.2. The first-order valence-electron chi connectivity index (χ1n) is 11.1. The highest BCUT2D eigenvalue weighted by Gasteiger charge is 2.32. The van der Waals surface area contributed by atoms with E-state index in [4.69, 9.17) is 11.6 Å². The summed E-state index contributed by atoms with van der Waals surface area (Å²) in [6.07, 6.45) is 0.517. The molecule has 0 fully saturated rings. The van der Waals surface area contributed by atoms with E-state index >= 15 is 0 Å². The molecule has 0 aliphatic carbocycles. The Kier molecular flexibility index (Phi) is 8.89. The quantitative estimate of drug-likeness (QED) is 0.447. The smallest absolute Gasteiger partial charge is 0.264 e. The van der Waals surface area contributed by atoms with Crippen LogP contribution in [0.3, 0.4) is 0 Å². The van der Waals surface area contributed by atoms with Crippen LogP contribution in [-0.2, 0) is 26.0 Å². The van der Waals surface area contributed by atoms with E-state index in [-0.39, 0.29) is 17.3 Å². The van der Waals surface area contributed by atoms with Gasteiger partial charge in [0.2, 0.25) is 11.8 Å². The minimum atomic E-state index is -4.09. The molecule has 184 valence electrons. The highest BCUT2D eigenvalue weighted by Crippen LogP contribution is 2.25. The van der Waals surface area contributed by atoms with Crippen LogP contribution in [0, 0.1) is 0 Å². The van der Waals surface area contributed by atoms with Gasteiger partial charge in [0.15, 0.2) is 0 Å². The molecule has 0 saturated heterocycles. The average molecular weight is 514 g/mol. The molecule has 3 rings (SSSR count). The van der Waals surface area contributed by atoms with Gasteiger partial charge in [-0.25, -0.2) is 8.42 Å². The molecule has 0 radical (unpaired) electrons. The number of carbonyl (C=O) groups is 2. The van der Waals surface area contributed by atoms with Gasteiger partial charge in [-0.15, -0.1) is 0 Å². The molecule has 0 spiro atoms. The van der Waals surface area contributed by atoms with Crippen molar-refractivity contribution in [2.75, 3.05) is 24.4 Å². The van der Waals surface area contributed by atoms with Crippen LogP contribution in [0.15, 0.2) is 89.8 Å². The number of nitrogens with one attached hydrogen (secondary N) is 1. The molecule has 0 aliphatic heterocycles. The number of carbonyl (C=O) groups excluding carboxylic acids is 2. The lowest BCUT2D eigenvalue weighted by molar-refractivity contribution is -0.138. The molecule has 1 atom stereocenters. The number of rotatable bonds is 10. The second kappa shape index (κ2) is 11.9. The highest BCUT2D eigenvalue weighted by atomic mass is 35.5. The van der Waals surface area contributed by atoms with Gasteiger partial charge in [0.05, 0.1) is 10.6 Å². The Morgan fingerprint density at radius 3 is 2.06 bits per heavy atom.